The van der Waals surface area contributed by atoms with Gasteiger partial charge in [-0.3, -0.25) is 4.79 Å². The van der Waals surface area contributed by atoms with Gasteiger partial charge < -0.3 is 24.8 Å². The van der Waals surface area contributed by atoms with Crippen LogP contribution < -0.4 is 14.8 Å². The van der Waals surface area contributed by atoms with Gasteiger partial charge >= 0.3 is 0 Å². The van der Waals surface area contributed by atoms with E-state index in [-0.39, 0.29) is 11.9 Å². The summed E-state index contributed by atoms with van der Waals surface area (Å²) < 4.78 is 11.6. The van der Waals surface area contributed by atoms with Crippen LogP contribution in [0, 0.1) is 6.92 Å². The normalized spacial score (nSPS) is 20.1. The molecule has 6 heteroatoms. The molecule has 0 spiro atoms. The van der Waals surface area contributed by atoms with E-state index in [2.05, 4.69) is 5.32 Å². The van der Waals surface area contributed by atoms with Crippen molar-refractivity contribution in [3.63, 3.8) is 0 Å². The van der Waals surface area contributed by atoms with E-state index >= 15 is 0 Å². The highest BCUT2D eigenvalue weighted by atomic mass is 16.6. The van der Waals surface area contributed by atoms with Crippen molar-refractivity contribution in [3.8, 4) is 11.5 Å². The topological polar surface area (TPSA) is 71.0 Å². The fourth-order valence-corrected chi connectivity index (χ4v) is 3.90. The molecule has 164 valence electrons. The molecule has 1 saturated heterocycles. The lowest BCUT2D eigenvalue weighted by molar-refractivity contribution is -0.127. The zero-order chi connectivity index (χ0) is 21.6. The molecule has 2 N–H and O–H groups in total. The number of nitrogens with zero attached hydrogens (tertiary/aromatic N) is 1. The Labute approximate surface area is 183 Å². The predicted molar refractivity (Wildman–Crippen MR) is 120 cm³/mol. The van der Waals surface area contributed by atoms with Crippen LogP contribution in [-0.4, -0.2) is 60.4 Å². The van der Waals surface area contributed by atoms with Crippen molar-refractivity contribution in [2.45, 2.75) is 38.0 Å². The van der Waals surface area contributed by atoms with E-state index in [1.54, 1.807) is 6.08 Å². The Hall–Kier alpha value is -2.83. The molecule has 6 nitrogen and oxygen atoms in total. The summed E-state index contributed by atoms with van der Waals surface area (Å²) in [5.41, 5.74) is 2.23. The number of likely N-dealkylation sites (tertiary alicyclic amines) is 1. The molecule has 0 bridgehead atoms. The number of nitrogens with one attached hydrogen (secondary N) is 1. The monoisotopic (exact) mass is 422 g/mol. The van der Waals surface area contributed by atoms with Gasteiger partial charge in [-0.1, -0.05) is 42.0 Å². The number of benzene rings is 2. The Morgan fingerprint density at radius 1 is 1.16 bits per heavy atom. The van der Waals surface area contributed by atoms with Crippen LogP contribution in [-0.2, 0) is 4.79 Å². The van der Waals surface area contributed by atoms with E-state index in [0.29, 0.717) is 37.7 Å². The minimum Gasteiger partial charge on any atom is -0.486 e. The molecule has 2 aliphatic heterocycles. The third kappa shape index (κ3) is 5.66. The standard InChI is InChI=1S/C25H30N2O4/c1-18-6-8-19(9-7-18)10-11-25(29)27-14-12-20(13-15-27)26-16-21(28)24-17-30-22-4-2-3-5-23(22)31-24/h2-11,20-21,24,26,28H,12-17H2,1H3/b11-10+. The number of rotatable bonds is 6. The van der Waals surface area contributed by atoms with Gasteiger partial charge in [0.1, 0.15) is 12.7 Å². The zero-order valence-corrected chi connectivity index (χ0v) is 17.9. The molecule has 2 unspecified atom stereocenters. The van der Waals surface area contributed by atoms with E-state index in [1.165, 1.54) is 5.56 Å². The van der Waals surface area contributed by atoms with E-state index in [0.717, 1.165) is 18.4 Å². The van der Waals surface area contributed by atoms with Gasteiger partial charge in [0.25, 0.3) is 0 Å². The van der Waals surface area contributed by atoms with Crippen molar-refractivity contribution in [1.82, 2.24) is 10.2 Å². The summed E-state index contributed by atoms with van der Waals surface area (Å²) in [7, 11) is 0. The second-order valence-corrected chi connectivity index (χ2v) is 8.23. The Morgan fingerprint density at radius 2 is 1.87 bits per heavy atom. The molecule has 2 aromatic carbocycles. The first-order valence-corrected chi connectivity index (χ1v) is 10.9. The first-order valence-electron chi connectivity index (χ1n) is 10.9. The zero-order valence-electron chi connectivity index (χ0n) is 17.9. The summed E-state index contributed by atoms with van der Waals surface area (Å²) in [6.07, 6.45) is 4.19. The van der Waals surface area contributed by atoms with Crippen LogP contribution in [0.3, 0.4) is 0 Å². The van der Waals surface area contributed by atoms with Crippen LogP contribution in [0.1, 0.15) is 24.0 Å². The van der Waals surface area contributed by atoms with Gasteiger partial charge in [-0.15, -0.1) is 0 Å². The summed E-state index contributed by atoms with van der Waals surface area (Å²) in [5, 5.41) is 13.9. The summed E-state index contributed by atoms with van der Waals surface area (Å²) >= 11 is 0. The smallest absolute Gasteiger partial charge is 0.246 e. The number of carbonyl (C=O) groups is 1. The quantitative estimate of drug-likeness (QED) is 0.701. The summed E-state index contributed by atoms with van der Waals surface area (Å²) in [6.45, 7) is 4.23. The number of carbonyl (C=O) groups excluding carboxylic acids is 1. The maximum absolute atomic E-state index is 12.5. The molecule has 0 aromatic heterocycles. The highest BCUT2D eigenvalue weighted by molar-refractivity contribution is 5.91. The lowest BCUT2D eigenvalue weighted by Gasteiger charge is -2.34. The lowest BCUT2D eigenvalue weighted by atomic mass is 10.0. The van der Waals surface area contributed by atoms with Crippen molar-refractivity contribution < 1.29 is 19.4 Å². The molecule has 0 aliphatic carbocycles. The fraction of sp³-hybridized carbons (Fsp3) is 0.400. The molecule has 1 fully saturated rings. The van der Waals surface area contributed by atoms with Gasteiger partial charge in [0.05, 0.1) is 0 Å². The van der Waals surface area contributed by atoms with Gasteiger partial charge in [-0.2, -0.15) is 0 Å². The number of fused-ring (bicyclic) bond motifs is 1. The second-order valence-electron chi connectivity index (χ2n) is 8.23. The number of amides is 1. The van der Waals surface area contributed by atoms with E-state index in [9.17, 15) is 9.90 Å². The number of para-hydroxylation sites is 2. The molecular weight excluding hydrogens is 392 g/mol. The van der Waals surface area contributed by atoms with Crippen molar-refractivity contribution in [1.29, 1.82) is 0 Å². The van der Waals surface area contributed by atoms with Crippen LogP contribution in [0.4, 0.5) is 0 Å². The van der Waals surface area contributed by atoms with Crippen molar-refractivity contribution in [2.24, 2.45) is 0 Å². The number of hydrogen-bond acceptors (Lipinski definition) is 5. The van der Waals surface area contributed by atoms with E-state index < -0.39 is 12.2 Å². The minimum absolute atomic E-state index is 0.0467. The van der Waals surface area contributed by atoms with Crippen molar-refractivity contribution in [3.05, 3.63) is 65.7 Å². The average molecular weight is 423 g/mol. The maximum Gasteiger partial charge on any atom is 0.246 e. The molecule has 2 atom stereocenters. The van der Waals surface area contributed by atoms with Gasteiger partial charge in [0.15, 0.2) is 17.6 Å². The van der Waals surface area contributed by atoms with Gasteiger partial charge in [-0.25, -0.2) is 0 Å². The lowest BCUT2D eigenvalue weighted by Crippen LogP contribution is -2.50. The molecule has 2 aliphatic rings. The van der Waals surface area contributed by atoms with Crippen LogP contribution in [0.25, 0.3) is 6.08 Å². The second kappa shape index (κ2) is 9.98. The Kier molecular flexibility index (Phi) is 6.89. The Morgan fingerprint density at radius 3 is 2.61 bits per heavy atom. The van der Waals surface area contributed by atoms with Gasteiger partial charge in [-0.05, 0) is 43.5 Å². The summed E-state index contributed by atoms with van der Waals surface area (Å²) in [4.78, 5) is 14.3. The largest absolute Gasteiger partial charge is 0.486 e. The van der Waals surface area contributed by atoms with Crippen LogP contribution >= 0.6 is 0 Å². The molecular formula is C25H30N2O4. The van der Waals surface area contributed by atoms with Crippen molar-refractivity contribution in [2.75, 3.05) is 26.2 Å². The highest BCUT2D eigenvalue weighted by Gasteiger charge is 2.28. The molecule has 2 heterocycles. The van der Waals surface area contributed by atoms with Crippen LogP contribution in [0.5, 0.6) is 11.5 Å². The molecule has 0 radical (unpaired) electrons. The third-order valence-electron chi connectivity index (χ3n) is 5.88. The van der Waals surface area contributed by atoms with Gasteiger partial charge in [0, 0.05) is 31.8 Å². The first kappa shape index (κ1) is 21.4. The van der Waals surface area contributed by atoms with E-state index in [1.807, 2.05) is 66.4 Å². The number of aryl methyl sites for hydroxylation is 1. The highest BCUT2D eigenvalue weighted by Crippen LogP contribution is 2.31. The molecule has 31 heavy (non-hydrogen) atoms. The SMILES string of the molecule is Cc1ccc(/C=C/C(=O)N2CCC(NCC(O)C3COc4ccccc4O3)CC2)cc1. The summed E-state index contributed by atoms with van der Waals surface area (Å²) in [6, 6.07) is 15.9. The average Bonchev–Trinajstić information content (AvgIpc) is 2.82. The third-order valence-corrected chi connectivity index (χ3v) is 5.88. The number of ether oxygens (including phenoxy) is 2. The minimum atomic E-state index is -0.662. The number of piperidine rings is 1. The van der Waals surface area contributed by atoms with Crippen LogP contribution in [0.15, 0.2) is 54.6 Å². The predicted octanol–water partition coefficient (Wildman–Crippen LogP) is 2.79. The van der Waals surface area contributed by atoms with E-state index in [4.69, 9.17) is 9.47 Å². The molecule has 4 rings (SSSR count). The molecule has 2 aromatic rings. The van der Waals surface area contributed by atoms with Crippen molar-refractivity contribution >= 4 is 12.0 Å². The Balaban J connectivity index is 1.19. The molecule has 0 saturated carbocycles. The maximum atomic E-state index is 12.5. The number of hydrogen-bond donors (Lipinski definition) is 2. The van der Waals surface area contributed by atoms with Gasteiger partial charge in [0.2, 0.25) is 5.91 Å². The number of aliphatic hydroxyl groups excluding tert-OH is 1. The number of aliphatic hydroxyl groups is 1. The van der Waals surface area contributed by atoms with Crippen LogP contribution in [0.2, 0.25) is 0 Å². The molecule has 1 amide bonds. The first-order chi connectivity index (χ1) is 15.1. The summed E-state index contributed by atoms with van der Waals surface area (Å²) in [5.74, 6) is 1.43. The Bertz CT molecular complexity index is 904. The fourth-order valence-electron chi connectivity index (χ4n) is 3.90.